The Morgan fingerprint density at radius 3 is 2.20 bits per heavy atom. The summed E-state index contributed by atoms with van der Waals surface area (Å²) < 4.78 is 0. The summed E-state index contributed by atoms with van der Waals surface area (Å²) in [5.41, 5.74) is 0. The topological polar surface area (TPSA) is 57.5 Å². The average Bonchev–Trinajstić information content (AvgIpc) is 2.16. The van der Waals surface area contributed by atoms with Crippen LogP contribution in [0.1, 0.15) is 39.5 Å². The molecule has 0 aromatic heterocycles. The lowest BCUT2D eigenvalue weighted by Crippen LogP contribution is -1.78. The minimum atomic E-state index is -0.833. The smallest absolute Gasteiger partial charge is 0.300 e. The molecule has 3 nitrogen and oxygen atoms in total. The molecular formula is C12H22O3. The highest BCUT2D eigenvalue weighted by molar-refractivity contribution is 5.62. The van der Waals surface area contributed by atoms with Crippen molar-refractivity contribution in [3.63, 3.8) is 0 Å². The van der Waals surface area contributed by atoms with E-state index >= 15 is 0 Å². The van der Waals surface area contributed by atoms with Gasteiger partial charge in [0, 0.05) is 6.92 Å². The number of unbranched alkanes of at least 4 members (excludes halogenated alkanes) is 2. The predicted molar refractivity (Wildman–Crippen MR) is 62.8 cm³/mol. The van der Waals surface area contributed by atoms with Crippen molar-refractivity contribution in [3.05, 3.63) is 24.3 Å². The van der Waals surface area contributed by atoms with Crippen molar-refractivity contribution in [3.8, 4) is 0 Å². The van der Waals surface area contributed by atoms with Gasteiger partial charge in [-0.1, -0.05) is 44.1 Å². The Labute approximate surface area is 92.1 Å². The molecule has 0 saturated carbocycles. The monoisotopic (exact) mass is 214 g/mol. The Morgan fingerprint density at radius 1 is 1.20 bits per heavy atom. The minimum absolute atomic E-state index is 0.156. The lowest BCUT2D eigenvalue weighted by molar-refractivity contribution is -0.134. The van der Waals surface area contributed by atoms with Gasteiger partial charge in [0.1, 0.15) is 0 Å². The average molecular weight is 214 g/mol. The molecule has 0 heterocycles. The summed E-state index contributed by atoms with van der Waals surface area (Å²) in [5.74, 6) is -0.833. The molecule has 0 bridgehead atoms. The van der Waals surface area contributed by atoms with E-state index in [1.165, 1.54) is 19.3 Å². The van der Waals surface area contributed by atoms with E-state index in [9.17, 15) is 0 Å². The van der Waals surface area contributed by atoms with Crippen molar-refractivity contribution >= 4 is 5.97 Å². The van der Waals surface area contributed by atoms with Gasteiger partial charge in [-0.05, 0) is 12.8 Å². The number of carboxylic acid groups (broad SMARTS) is 1. The van der Waals surface area contributed by atoms with Crippen LogP contribution in [0.3, 0.4) is 0 Å². The molecule has 0 aromatic rings. The molecule has 0 atom stereocenters. The summed E-state index contributed by atoms with van der Waals surface area (Å²) in [7, 11) is 0. The number of rotatable bonds is 6. The number of allylic oxidation sites excluding steroid dienone is 3. The van der Waals surface area contributed by atoms with Crippen LogP contribution in [0.4, 0.5) is 0 Å². The molecule has 2 N–H and O–H groups in total. The zero-order chi connectivity index (χ0) is 11.9. The van der Waals surface area contributed by atoms with Gasteiger partial charge in [-0.2, -0.15) is 0 Å². The van der Waals surface area contributed by atoms with E-state index in [1.54, 1.807) is 6.08 Å². The van der Waals surface area contributed by atoms with E-state index in [0.29, 0.717) is 0 Å². The number of carboxylic acids is 1. The highest BCUT2D eigenvalue weighted by Gasteiger charge is 1.76. The third-order valence-corrected chi connectivity index (χ3v) is 1.44. The Bertz CT molecular complexity index is 179. The van der Waals surface area contributed by atoms with Crippen LogP contribution in [0.5, 0.6) is 0 Å². The van der Waals surface area contributed by atoms with Crippen molar-refractivity contribution < 1.29 is 15.0 Å². The van der Waals surface area contributed by atoms with Crippen LogP contribution in [0.15, 0.2) is 24.3 Å². The molecule has 0 rings (SSSR count). The summed E-state index contributed by atoms with van der Waals surface area (Å²) in [6.07, 6.45) is 12.8. The Balaban J connectivity index is 0. The SMILES string of the molecule is CC(=O)O.CCCCC=CCC=CCO. The van der Waals surface area contributed by atoms with Crippen LogP contribution in [0.2, 0.25) is 0 Å². The zero-order valence-electron chi connectivity index (χ0n) is 9.65. The fourth-order valence-corrected chi connectivity index (χ4v) is 0.785. The number of carbonyl (C=O) groups is 1. The number of hydrogen-bond donors (Lipinski definition) is 2. The van der Waals surface area contributed by atoms with Crippen LogP contribution < -0.4 is 0 Å². The molecular weight excluding hydrogens is 192 g/mol. The first-order valence-electron chi connectivity index (χ1n) is 5.25. The van der Waals surface area contributed by atoms with Crippen LogP contribution in [0.25, 0.3) is 0 Å². The summed E-state index contributed by atoms with van der Waals surface area (Å²) in [5, 5.41) is 15.8. The number of aliphatic carboxylic acids is 1. The number of hydrogen-bond acceptors (Lipinski definition) is 2. The van der Waals surface area contributed by atoms with Gasteiger partial charge in [-0.25, -0.2) is 0 Å². The van der Waals surface area contributed by atoms with E-state index in [2.05, 4.69) is 19.1 Å². The van der Waals surface area contributed by atoms with Gasteiger partial charge in [0.05, 0.1) is 6.61 Å². The molecule has 15 heavy (non-hydrogen) atoms. The molecule has 0 aromatic carbocycles. The molecule has 88 valence electrons. The van der Waals surface area contributed by atoms with Gasteiger partial charge in [-0.3, -0.25) is 4.79 Å². The van der Waals surface area contributed by atoms with E-state index in [0.717, 1.165) is 13.3 Å². The quantitative estimate of drug-likeness (QED) is 0.528. The van der Waals surface area contributed by atoms with E-state index < -0.39 is 5.97 Å². The minimum Gasteiger partial charge on any atom is -0.481 e. The summed E-state index contributed by atoms with van der Waals surface area (Å²) in [4.78, 5) is 9.00. The second-order valence-electron chi connectivity index (χ2n) is 3.02. The largest absolute Gasteiger partial charge is 0.481 e. The molecule has 0 unspecified atom stereocenters. The maximum Gasteiger partial charge on any atom is 0.300 e. The Morgan fingerprint density at radius 2 is 1.73 bits per heavy atom. The molecule has 0 aliphatic rings. The fraction of sp³-hybridized carbons (Fsp3) is 0.583. The van der Waals surface area contributed by atoms with Gasteiger partial charge in [0.15, 0.2) is 0 Å². The number of aliphatic hydroxyl groups excluding tert-OH is 1. The molecule has 0 fully saturated rings. The molecule has 0 spiro atoms. The van der Waals surface area contributed by atoms with E-state index in [4.69, 9.17) is 15.0 Å². The lowest BCUT2D eigenvalue weighted by atomic mass is 10.2. The van der Waals surface area contributed by atoms with Gasteiger partial charge < -0.3 is 10.2 Å². The van der Waals surface area contributed by atoms with Gasteiger partial charge in [0.2, 0.25) is 0 Å². The summed E-state index contributed by atoms with van der Waals surface area (Å²) in [6.45, 7) is 3.43. The van der Waals surface area contributed by atoms with Crippen LogP contribution in [0, 0.1) is 0 Å². The Hall–Kier alpha value is -1.09. The maximum atomic E-state index is 9.00. The third kappa shape index (κ3) is 32.2. The van der Waals surface area contributed by atoms with Gasteiger partial charge in [-0.15, -0.1) is 0 Å². The first-order valence-corrected chi connectivity index (χ1v) is 5.25. The van der Waals surface area contributed by atoms with Crippen molar-refractivity contribution in [2.24, 2.45) is 0 Å². The summed E-state index contributed by atoms with van der Waals surface area (Å²) >= 11 is 0. The fourth-order valence-electron chi connectivity index (χ4n) is 0.785. The summed E-state index contributed by atoms with van der Waals surface area (Å²) in [6, 6.07) is 0. The standard InChI is InChI=1S/C10H18O.C2H4O2/c1-2-3-4-5-6-7-8-9-10-11;1-2(3)4/h5-6,8-9,11H,2-4,7,10H2,1H3;1H3,(H,3,4). The Kier molecular flexibility index (Phi) is 16.8. The van der Waals surface area contributed by atoms with Crippen molar-refractivity contribution in [1.82, 2.24) is 0 Å². The van der Waals surface area contributed by atoms with Crippen LogP contribution >= 0.6 is 0 Å². The second kappa shape index (κ2) is 15.4. The molecule has 0 saturated heterocycles. The van der Waals surface area contributed by atoms with E-state index in [-0.39, 0.29) is 6.61 Å². The maximum absolute atomic E-state index is 9.00. The number of aliphatic hydroxyl groups is 1. The van der Waals surface area contributed by atoms with Gasteiger partial charge >= 0.3 is 0 Å². The molecule has 0 aliphatic heterocycles. The molecule has 3 heteroatoms. The van der Waals surface area contributed by atoms with Crippen molar-refractivity contribution in [1.29, 1.82) is 0 Å². The van der Waals surface area contributed by atoms with Crippen molar-refractivity contribution in [2.75, 3.05) is 6.61 Å². The normalized spacial score (nSPS) is 10.3. The van der Waals surface area contributed by atoms with E-state index in [1.807, 2.05) is 6.08 Å². The molecule has 0 amide bonds. The lowest BCUT2D eigenvalue weighted by Gasteiger charge is -1.86. The zero-order valence-corrected chi connectivity index (χ0v) is 9.65. The van der Waals surface area contributed by atoms with Crippen LogP contribution in [-0.2, 0) is 4.79 Å². The second-order valence-corrected chi connectivity index (χ2v) is 3.02. The van der Waals surface area contributed by atoms with Crippen molar-refractivity contribution in [2.45, 2.75) is 39.5 Å². The molecule has 0 radical (unpaired) electrons. The first-order chi connectivity index (χ1) is 7.15. The third-order valence-electron chi connectivity index (χ3n) is 1.44. The molecule has 0 aliphatic carbocycles. The highest BCUT2D eigenvalue weighted by Crippen LogP contribution is 1.96. The van der Waals surface area contributed by atoms with Gasteiger partial charge in [0.25, 0.3) is 5.97 Å². The predicted octanol–water partition coefficient (Wildman–Crippen LogP) is 2.76. The first kappa shape index (κ1) is 16.3. The van der Waals surface area contributed by atoms with Crippen LogP contribution in [-0.4, -0.2) is 22.8 Å². The highest BCUT2D eigenvalue weighted by atomic mass is 16.4.